The van der Waals surface area contributed by atoms with Gasteiger partial charge >= 0.3 is 5.97 Å². The van der Waals surface area contributed by atoms with Gasteiger partial charge in [-0.1, -0.05) is 32.0 Å². The van der Waals surface area contributed by atoms with Crippen molar-refractivity contribution in [2.75, 3.05) is 5.75 Å². The largest absolute Gasteiger partial charge is 0.481 e. The molecule has 1 aromatic carbocycles. The van der Waals surface area contributed by atoms with Crippen molar-refractivity contribution in [3.63, 3.8) is 0 Å². The van der Waals surface area contributed by atoms with E-state index in [1.807, 2.05) is 17.8 Å². The molecule has 1 aliphatic rings. The van der Waals surface area contributed by atoms with E-state index in [1.165, 1.54) is 16.0 Å². The molecule has 0 amide bonds. The fourth-order valence-electron chi connectivity index (χ4n) is 2.04. The summed E-state index contributed by atoms with van der Waals surface area (Å²) in [6, 6.07) is 6.27. The van der Waals surface area contributed by atoms with Crippen LogP contribution in [0.3, 0.4) is 0 Å². The van der Waals surface area contributed by atoms with Gasteiger partial charge in [0.05, 0.1) is 5.92 Å². The van der Waals surface area contributed by atoms with Crippen LogP contribution in [0.15, 0.2) is 23.1 Å². The van der Waals surface area contributed by atoms with Gasteiger partial charge in [0.2, 0.25) is 0 Å². The zero-order valence-corrected chi connectivity index (χ0v) is 10.4. The number of fused-ring (bicyclic) bond motifs is 1. The first-order valence-corrected chi connectivity index (χ1v) is 6.55. The van der Waals surface area contributed by atoms with E-state index in [1.54, 1.807) is 6.92 Å². The van der Waals surface area contributed by atoms with E-state index < -0.39 is 5.97 Å². The number of hydrogen-bond donors (Lipinski definition) is 1. The maximum atomic E-state index is 10.9. The highest BCUT2D eigenvalue weighted by molar-refractivity contribution is 7.99. The Balaban J connectivity index is 2.26. The zero-order valence-electron chi connectivity index (χ0n) is 9.56. The van der Waals surface area contributed by atoms with Crippen LogP contribution in [0.1, 0.15) is 30.9 Å². The number of rotatable bonds is 3. The van der Waals surface area contributed by atoms with Gasteiger partial charge in [-0.05, 0) is 23.5 Å². The first-order chi connectivity index (χ1) is 7.59. The van der Waals surface area contributed by atoms with Gasteiger partial charge in [0.25, 0.3) is 0 Å². The van der Waals surface area contributed by atoms with Gasteiger partial charge in [0.15, 0.2) is 0 Å². The molecule has 1 heterocycles. The normalized spacial score (nSPS) is 20.5. The van der Waals surface area contributed by atoms with Gasteiger partial charge < -0.3 is 5.11 Å². The van der Waals surface area contributed by atoms with Crippen LogP contribution in [-0.2, 0) is 11.2 Å². The van der Waals surface area contributed by atoms with Crippen molar-refractivity contribution in [1.82, 2.24) is 0 Å². The summed E-state index contributed by atoms with van der Waals surface area (Å²) < 4.78 is 0. The fourth-order valence-corrected chi connectivity index (χ4v) is 3.41. The average molecular weight is 236 g/mol. The first-order valence-electron chi connectivity index (χ1n) is 5.57. The summed E-state index contributed by atoms with van der Waals surface area (Å²) in [4.78, 5) is 12.2. The molecule has 2 unspecified atom stereocenters. The minimum atomic E-state index is -0.714. The predicted octanol–water partition coefficient (Wildman–Crippen LogP) is 3.16. The van der Waals surface area contributed by atoms with E-state index in [-0.39, 0.29) is 5.92 Å². The van der Waals surface area contributed by atoms with Crippen molar-refractivity contribution < 1.29 is 9.90 Å². The molecule has 0 radical (unpaired) electrons. The zero-order chi connectivity index (χ0) is 11.7. The number of carboxylic acids is 1. The molecular weight excluding hydrogens is 220 g/mol. The smallest absolute Gasteiger partial charge is 0.306 e. The maximum absolute atomic E-state index is 10.9. The summed E-state index contributed by atoms with van der Waals surface area (Å²) in [6.45, 7) is 3.99. The van der Waals surface area contributed by atoms with Gasteiger partial charge in [0.1, 0.15) is 0 Å². The molecule has 0 spiro atoms. The lowest BCUT2D eigenvalue weighted by molar-refractivity contribution is -0.141. The van der Waals surface area contributed by atoms with Crippen molar-refractivity contribution in [1.29, 1.82) is 0 Å². The Labute approximate surface area is 100 Å². The second kappa shape index (κ2) is 4.50. The molecule has 0 aromatic heterocycles. The number of carbonyl (C=O) groups is 1. The van der Waals surface area contributed by atoms with E-state index in [9.17, 15) is 4.79 Å². The SMILES string of the molecule is CC(Cc1cccc2c1SCC2C)C(=O)O. The van der Waals surface area contributed by atoms with Crippen molar-refractivity contribution >= 4 is 17.7 Å². The monoisotopic (exact) mass is 236 g/mol. The number of thioether (sulfide) groups is 1. The lowest BCUT2D eigenvalue weighted by Crippen LogP contribution is -2.12. The summed E-state index contributed by atoms with van der Waals surface area (Å²) in [5.41, 5.74) is 2.59. The second-order valence-electron chi connectivity index (χ2n) is 4.49. The minimum Gasteiger partial charge on any atom is -0.481 e. The molecule has 0 saturated heterocycles. The molecule has 0 bridgehead atoms. The van der Waals surface area contributed by atoms with Crippen LogP contribution in [0.5, 0.6) is 0 Å². The van der Waals surface area contributed by atoms with E-state index in [0.29, 0.717) is 12.3 Å². The number of aliphatic carboxylic acids is 1. The molecule has 1 N–H and O–H groups in total. The molecule has 1 aliphatic heterocycles. The van der Waals surface area contributed by atoms with Crippen LogP contribution < -0.4 is 0 Å². The molecule has 2 nitrogen and oxygen atoms in total. The Morgan fingerprint density at radius 2 is 2.38 bits per heavy atom. The quantitative estimate of drug-likeness (QED) is 0.876. The Kier molecular flexibility index (Phi) is 3.24. The number of carboxylic acid groups (broad SMARTS) is 1. The van der Waals surface area contributed by atoms with E-state index >= 15 is 0 Å². The van der Waals surface area contributed by atoms with Crippen LogP contribution in [0.2, 0.25) is 0 Å². The molecule has 86 valence electrons. The lowest BCUT2D eigenvalue weighted by atomic mass is 9.96. The highest BCUT2D eigenvalue weighted by atomic mass is 32.2. The Morgan fingerprint density at radius 1 is 1.62 bits per heavy atom. The van der Waals surface area contributed by atoms with E-state index in [0.717, 1.165) is 5.75 Å². The molecule has 0 aliphatic carbocycles. The Morgan fingerprint density at radius 3 is 3.06 bits per heavy atom. The molecular formula is C13H16O2S. The summed E-state index contributed by atoms with van der Waals surface area (Å²) in [5, 5.41) is 8.94. The van der Waals surface area contributed by atoms with Crippen LogP contribution in [-0.4, -0.2) is 16.8 Å². The van der Waals surface area contributed by atoms with Crippen LogP contribution in [0.25, 0.3) is 0 Å². The third kappa shape index (κ3) is 2.09. The number of benzene rings is 1. The molecule has 1 aromatic rings. The molecule has 2 rings (SSSR count). The maximum Gasteiger partial charge on any atom is 0.306 e. The van der Waals surface area contributed by atoms with Gasteiger partial charge in [0, 0.05) is 10.6 Å². The highest BCUT2D eigenvalue weighted by Gasteiger charge is 2.23. The standard InChI is InChI=1S/C13H16O2S/c1-8(13(14)15)6-10-4-3-5-11-9(2)7-16-12(10)11/h3-5,8-9H,6-7H2,1-2H3,(H,14,15). The number of hydrogen-bond acceptors (Lipinski definition) is 2. The average Bonchev–Trinajstić information content (AvgIpc) is 2.62. The van der Waals surface area contributed by atoms with Gasteiger partial charge in [-0.25, -0.2) is 0 Å². The molecule has 2 atom stereocenters. The summed E-state index contributed by atoms with van der Waals surface area (Å²) >= 11 is 1.86. The van der Waals surface area contributed by atoms with E-state index in [4.69, 9.17) is 5.11 Å². The van der Waals surface area contributed by atoms with Crippen molar-refractivity contribution in [3.05, 3.63) is 29.3 Å². The van der Waals surface area contributed by atoms with Crippen LogP contribution >= 0.6 is 11.8 Å². The van der Waals surface area contributed by atoms with Crippen molar-refractivity contribution in [3.8, 4) is 0 Å². The lowest BCUT2D eigenvalue weighted by Gasteiger charge is -2.11. The fraction of sp³-hybridized carbons (Fsp3) is 0.462. The predicted molar refractivity (Wildman–Crippen MR) is 66.1 cm³/mol. The van der Waals surface area contributed by atoms with E-state index in [2.05, 4.69) is 19.1 Å². The van der Waals surface area contributed by atoms with Gasteiger partial charge in [-0.3, -0.25) is 4.79 Å². The Hall–Kier alpha value is -0.960. The third-order valence-corrected chi connectivity index (χ3v) is 4.54. The topological polar surface area (TPSA) is 37.3 Å². The second-order valence-corrected chi connectivity index (χ2v) is 5.52. The molecule has 16 heavy (non-hydrogen) atoms. The van der Waals surface area contributed by atoms with Crippen LogP contribution in [0.4, 0.5) is 0 Å². The van der Waals surface area contributed by atoms with Gasteiger partial charge in [-0.15, -0.1) is 11.8 Å². The third-order valence-electron chi connectivity index (χ3n) is 3.08. The molecule has 3 heteroatoms. The first kappa shape index (κ1) is 11.5. The van der Waals surface area contributed by atoms with Crippen molar-refractivity contribution in [2.24, 2.45) is 5.92 Å². The van der Waals surface area contributed by atoms with Gasteiger partial charge in [-0.2, -0.15) is 0 Å². The molecule has 0 fully saturated rings. The summed E-state index contributed by atoms with van der Waals surface area (Å²) in [6.07, 6.45) is 0.637. The summed E-state index contributed by atoms with van der Waals surface area (Å²) in [5.74, 6) is 0.699. The molecule has 0 saturated carbocycles. The van der Waals surface area contributed by atoms with Crippen molar-refractivity contribution in [2.45, 2.75) is 31.1 Å². The Bertz CT molecular complexity index is 414. The highest BCUT2D eigenvalue weighted by Crippen LogP contribution is 2.41. The summed E-state index contributed by atoms with van der Waals surface area (Å²) in [7, 11) is 0. The minimum absolute atomic E-state index is 0.303. The van der Waals surface area contributed by atoms with Crippen LogP contribution in [0, 0.1) is 5.92 Å².